The summed E-state index contributed by atoms with van der Waals surface area (Å²) in [5.74, 6) is 0. The molecule has 2 atom stereocenters. The molecule has 0 saturated carbocycles. The second-order valence-electron chi connectivity index (χ2n) is 3.54. The zero-order chi connectivity index (χ0) is 9.54. The number of ether oxygens (including phenoxy) is 2. The first-order valence-corrected chi connectivity index (χ1v) is 4.57. The SMILES string of the molecule is O=c1n(C[C@H]2CO2)nnn1C[C@@H]1CO1. The van der Waals surface area contributed by atoms with Crippen LogP contribution in [-0.2, 0) is 22.6 Å². The number of hydrogen-bond donors (Lipinski definition) is 0. The fourth-order valence-corrected chi connectivity index (χ4v) is 1.27. The van der Waals surface area contributed by atoms with E-state index in [1.165, 1.54) is 9.36 Å². The fraction of sp³-hybridized carbons (Fsp3) is 0.857. The molecule has 2 aliphatic rings. The van der Waals surface area contributed by atoms with Crippen molar-refractivity contribution in [3.8, 4) is 0 Å². The van der Waals surface area contributed by atoms with Gasteiger partial charge in [-0.15, -0.1) is 0 Å². The van der Waals surface area contributed by atoms with Crippen molar-refractivity contribution in [3.05, 3.63) is 10.5 Å². The Morgan fingerprint density at radius 2 is 1.57 bits per heavy atom. The first-order chi connectivity index (χ1) is 6.83. The van der Waals surface area contributed by atoms with Gasteiger partial charge in [-0.1, -0.05) is 0 Å². The lowest BCUT2D eigenvalue weighted by molar-refractivity contribution is 0.363. The van der Waals surface area contributed by atoms with E-state index in [1.54, 1.807) is 0 Å². The lowest BCUT2D eigenvalue weighted by Crippen LogP contribution is -2.28. The minimum atomic E-state index is -0.184. The summed E-state index contributed by atoms with van der Waals surface area (Å²) >= 11 is 0. The summed E-state index contributed by atoms with van der Waals surface area (Å²) in [4.78, 5) is 11.6. The van der Waals surface area contributed by atoms with Crippen LogP contribution in [0.2, 0.25) is 0 Å². The van der Waals surface area contributed by atoms with Crippen LogP contribution in [0, 0.1) is 0 Å². The van der Waals surface area contributed by atoms with Crippen molar-refractivity contribution in [2.75, 3.05) is 13.2 Å². The lowest BCUT2D eigenvalue weighted by atomic mass is 10.5. The van der Waals surface area contributed by atoms with Crippen LogP contribution in [0.3, 0.4) is 0 Å². The van der Waals surface area contributed by atoms with E-state index in [0.29, 0.717) is 26.3 Å². The molecule has 0 bridgehead atoms. The summed E-state index contributed by atoms with van der Waals surface area (Å²) in [5, 5.41) is 7.52. The highest BCUT2D eigenvalue weighted by molar-refractivity contribution is 4.73. The summed E-state index contributed by atoms with van der Waals surface area (Å²) in [6, 6.07) is 0. The Kier molecular flexibility index (Phi) is 1.68. The molecular weight excluding hydrogens is 188 g/mol. The van der Waals surface area contributed by atoms with Gasteiger partial charge in [-0.05, 0) is 10.4 Å². The van der Waals surface area contributed by atoms with E-state index < -0.39 is 0 Å². The van der Waals surface area contributed by atoms with Crippen molar-refractivity contribution in [3.63, 3.8) is 0 Å². The molecule has 0 radical (unpaired) electrons. The highest BCUT2D eigenvalue weighted by Gasteiger charge is 2.27. The number of rotatable bonds is 4. The van der Waals surface area contributed by atoms with Crippen molar-refractivity contribution in [1.82, 2.24) is 19.8 Å². The maximum absolute atomic E-state index is 11.6. The Bertz CT molecular complexity index is 355. The molecule has 2 saturated heterocycles. The van der Waals surface area contributed by atoms with Gasteiger partial charge in [0, 0.05) is 0 Å². The van der Waals surface area contributed by atoms with Crippen LogP contribution in [0.15, 0.2) is 4.79 Å². The molecular formula is C7H10N4O3. The van der Waals surface area contributed by atoms with E-state index in [4.69, 9.17) is 9.47 Å². The van der Waals surface area contributed by atoms with E-state index in [9.17, 15) is 4.79 Å². The van der Waals surface area contributed by atoms with Crippen molar-refractivity contribution < 1.29 is 9.47 Å². The van der Waals surface area contributed by atoms with Crippen LogP contribution in [0.1, 0.15) is 0 Å². The van der Waals surface area contributed by atoms with E-state index in [-0.39, 0.29) is 17.9 Å². The molecule has 1 aromatic rings. The molecule has 7 heteroatoms. The Morgan fingerprint density at radius 1 is 1.14 bits per heavy atom. The van der Waals surface area contributed by atoms with Crippen molar-refractivity contribution >= 4 is 0 Å². The van der Waals surface area contributed by atoms with E-state index in [1.807, 2.05) is 0 Å². The number of aromatic nitrogens is 4. The van der Waals surface area contributed by atoms with Gasteiger partial charge in [0.25, 0.3) is 0 Å². The van der Waals surface area contributed by atoms with Gasteiger partial charge in [-0.25, -0.2) is 4.79 Å². The third-order valence-electron chi connectivity index (χ3n) is 2.26. The monoisotopic (exact) mass is 198 g/mol. The predicted octanol–water partition coefficient (Wildman–Crippen LogP) is -1.76. The average molecular weight is 198 g/mol. The minimum absolute atomic E-state index is 0.148. The Hall–Kier alpha value is -1.21. The third kappa shape index (κ3) is 1.55. The predicted molar refractivity (Wildman–Crippen MR) is 43.8 cm³/mol. The molecule has 0 aromatic carbocycles. The van der Waals surface area contributed by atoms with Crippen LogP contribution >= 0.6 is 0 Å². The number of hydrogen-bond acceptors (Lipinski definition) is 5. The largest absolute Gasteiger partial charge is 0.371 e. The molecule has 2 aliphatic heterocycles. The van der Waals surface area contributed by atoms with E-state index >= 15 is 0 Å². The van der Waals surface area contributed by atoms with Crippen LogP contribution in [0.25, 0.3) is 0 Å². The third-order valence-corrected chi connectivity index (χ3v) is 2.26. The van der Waals surface area contributed by atoms with Gasteiger partial charge in [0.1, 0.15) is 12.2 Å². The maximum Gasteiger partial charge on any atom is 0.363 e. The molecule has 0 unspecified atom stereocenters. The van der Waals surface area contributed by atoms with Gasteiger partial charge >= 0.3 is 5.69 Å². The normalized spacial score (nSPS) is 29.1. The summed E-state index contributed by atoms with van der Waals surface area (Å²) < 4.78 is 12.7. The zero-order valence-corrected chi connectivity index (χ0v) is 7.50. The van der Waals surface area contributed by atoms with Crippen LogP contribution in [0.5, 0.6) is 0 Å². The van der Waals surface area contributed by atoms with Crippen LogP contribution < -0.4 is 5.69 Å². The minimum Gasteiger partial charge on any atom is -0.371 e. The molecule has 0 amide bonds. The summed E-state index contributed by atoms with van der Waals surface area (Å²) in [7, 11) is 0. The molecule has 0 aliphatic carbocycles. The van der Waals surface area contributed by atoms with Gasteiger partial charge in [-0.2, -0.15) is 9.36 Å². The zero-order valence-electron chi connectivity index (χ0n) is 7.50. The maximum atomic E-state index is 11.6. The highest BCUT2D eigenvalue weighted by atomic mass is 16.6. The average Bonchev–Trinajstić information content (AvgIpc) is 3.03. The summed E-state index contributed by atoms with van der Waals surface area (Å²) in [5.41, 5.74) is -0.184. The molecule has 14 heavy (non-hydrogen) atoms. The molecule has 3 rings (SSSR count). The Balaban J connectivity index is 1.75. The molecule has 76 valence electrons. The van der Waals surface area contributed by atoms with Crippen molar-refractivity contribution in [1.29, 1.82) is 0 Å². The van der Waals surface area contributed by atoms with Gasteiger partial charge in [-0.3, -0.25) is 0 Å². The van der Waals surface area contributed by atoms with Crippen LogP contribution in [0.4, 0.5) is 0 Å². The molecule has 3 heterocycles. The van der Waals surface area contributed by atoms with Gasteiger partial charge in [0.05, 0.1) is 26.3 Å². The molecule has 1 aromatic heterocycles. The molecule has 0 N–H and O–H groups in total. The first-order valence-electron chi connectivity index (χ1n) is 4.57. The smallest absolute Gasteiger partial charge is 0.363 e. The van der Waals surface area contributed by atoms with E-state index in [2.05, 4.69) is 10.4 Å². The number of epoxide rings is 2. The lowest BCUT2D eigenvalue weighted by Gasteiger charge is -1.92. The van der Waals surface area contributed by atoms with Gasteiger partial charge in [0.2, 0.25) is 0 Å². The second kappa shape index (κ2) is 2.89. The fourth-order valence-electron chi connectivity index (χ4n) is 1.27. The summed E-state index contributed by atoms with van der Waals surface area (Å²) in [6.07, 6.45) is 0.296. The Morgan fingerprint density at radius 3 is 1.93 bits per heavy atom. The van der Waals surface area contributed by atoms with Crippen molar-refractivity contribution in [2.24, 2.45) is 0 Å². The number of tetrazole rings is 1. The number of nitrogens with zero attached hydrogens (tertiary/aromatic N) is 4. The Labute approximate surface area is 79.2 Å². The van der Waals surface area contributed by atoms with Gasteiger partial charge < -0.3 is 9.47 Å². The van der Waals surface area contributed by atoms with Crippen molar-refractivity contribution in [2.45, 2.75) is 25.3 Å². The highest BCUT2D eigenvalue weighted by Crippen LogP contribution is 2.10. The van der Waals surface area contributed by atoms with E-state index in [0.717, 1.165) is 0 Å². The topological polar surface area (TPSA) is 77.8 Å². The quantitative estimate of drug-likeness (QED) is 0.535. The van der Waals surface area contributed by atoms with Crippen LogP contribution in [-0.4, -0.2) is 45.2 Å². The summed E-state index contributed by atoms with van der Waals surface area (Å²) in [6.45, 7) is 2.44. The molecule has 2 fully saturated rings. The second-order valence-corrected chi connectivity index (χ2v) is 3.54. The molecule has 0 spiro atoms. The first kappa shape index (κ1) is 8.13. The van der Waals surface area contributed by atoms with Gasteiger partial charge in [0.15, 0.2) is 0 Å². The standard InChI is InChI=1S/C7H10N4O3/c12-7-10(1-5-3-13-5)8-9-11(7)2-6-4-14-6/h5-6H,1-4H2/t5-,6+. The molecule has 7 nitrogen and oxygen atoms in total.